The van der Waals surface area contributed by atoms with E-state index >= 15 is 0 Å². The molecule has 16 heavy (non-hydrogen) atoms. The van der Waals surface area contributed by atoms with Crippen LogP contribution in [0.3, 0.4) is 0 Å². The van der Waals surface area contributed by atoms with Crippen LogP contribution in [0.25, 0.3) is 0 Å². The van der Waals surface area contributed by atoms with E-state index in [1.165, 1.54) is 0 Å². The highest BCUT2D eigenvalue weighted by Gasteiger charge is 2.40. The van der Waals surface area contributed by atoms with Gasteiger partial charge in [0.1, 0.15) is 0 Å². The van der Waals surface area contributed by atoms with E-state index in [4.69, 9.17) is 14.0 Å². The molecule has 0 aromatic carbocycles. The predicted octanol–water partition coefficient (Wildman–Crippen LogP) is 1.20. The zero-order chi connectivity index (χ0) is 11.6. The molecule has 1 saturated heterocycles. The summed E-state index contributed by atoms with van der Waals surface area (Å²) in [5.41, 5.74) is 0. The molecular weight excluding hydrogens is 232 g/mol. The number of hydrogen-bond donors (Lipinski definition) is 1. The van der Waals surface area contributed by atoms with Gasteiger partial charge in [0.05, 0.1) is 19.0 Å². The minimum absolute atomic E-state index is 0.133. The highest BCUT2D eigenvalue weighted by atomic mass is 32.2. The van der Waals surface area contributed by atoms with Crippen molar-refractivity contribution in [2.45, 2.75) is 37.9 Å². The Hall–Kier alpha value is -0.170. The molecule has 6 heteroatoms. The van der Waals surface area contributed by atoms with Crippen molar-refractivity contribution in [2.75, 3.05) is 19.0 Å². The molecule has 1 heterocycles. The fraction of sp³-hybridized carbons (Fsp3) is 1.00. The van der Waals surface area contributed by atoms with Gasteiger partial charge in [-0.2, -0.15) is 8.42 Å². The molecule has 0 amide bonds. The fourth-order valence-electron chi connectivity index (χ4n) is 2.51. The van der Waals surface area contributed by atoms with Gasteiger partial charge < -0.3 is 9.47 Å². The Balaban J connectivity index is 1.77. The Labute approximate surface area is 95.9 Å². The van der Waals surface area contributed by atoms with Crippen LogP contribution in [0.4, 0.5) is 0 Å². The SMILES string of the molecule is O=S(=O)(O)CCC1CCC2(CC1)OCCO2. The molecule has 1 aliphatic heterocycles. The first-order chi connectivity index (χ1) is 7.49. The Morgan fingerprint density at radius 2 is 1.75 bits per heavy atom. The molecule has 94 valence electrons. The van der Waals surface area contributed by atoms with Crippen LogP contribution >= 0.6 is 0 Å². The molecule has 0 aromatic rings. The van der Waals surface area contributed by atoms with Crippen LogP contribution in [0.5, 0.6) is 0 Å². The Kier molecular flexibility index (Phi) is 3.53. The zero-order valence-electron chi connectivity index (χ0n) is 9.22. The third kappa shape index (κ3) is 3.16. The third-order valence-electron chi connectivity index (χ3n) is 3.46. The maximum Gasteiger partial charge on any atom is 0.264 e. The standard InChI is InChI=1S/C10H18O5S/c11-16(12,13)8-3-9-1-4-10(5-2-9)14-6-7-15-10/h9H,1-8H2,(H,11,12,13). The second-order valence-electron chi connectivity index (χ2n) is 4.63. The summed E-state index contributed by atoms with van der Waals surface area (Å²) in [7, 11) is -3.81. The van der Waals surface area contributed by atoms with Crippen molar-refractivity contribution in [2.24, 2.45) is 5.92 Å². The van der Waals surface area contributed by atoms with E-state index in [2.05, 4.69) is 0 Å². The van der Waals surface area contributed by atoms with Crippen molar-refractivity contribution < 1.29 is 22.4 Å². The van der Waals surface area contributed by atoms with Crippen LogP contribution in [0.15, 0.2) is 0 Å². The Bertz CT molecular complexity index is 321. The molecule has 0 aromatic heterocycles. The van der Waals surface area contributed by atoms with Crippen LogP contribution in [0.1, 0.15) is 32.1 Å². The lowest BCUT2D eigenvalue weighted by atomic mass is 9.84. The van der Waals surface area contributed by atoms with Crippen LogP contribution in [0.2, 0.25) is 0 Å². The highest BCUT2D eigenvalue weighted by molar-refractivity contribution is 7.85. The summed E-state index contributed by atoms with van der Waals surface area (Å²) in [5, 5.41) is 0. The van der Waals surface area contributed by atoms with Gasteiger partial charge >= 0.3 is 0 Å². The van der Waals surface area contributed by atoms with Crippen molar-refractivity contribution in [1.29, 1.82) is 0 Å². The summed E-state index contributed by atoms with van der Waals surface area (Å²) < 4.78 is 41.1. The van der Waals surface area contributed by atoms with Gasteiger partial charge in [0.2, 0.25) is 0 Å². The first-order valence-corrected chi connectivity index (χ1v) is 7.33. The maximum atomic E-state index is 10.6. The molecule has 1 N–H and O–H groups in total. The van der Waals surface area contributed by atoms with Gasteiger partial charge in [-0.25, -0.2) is 0 Å². The highest BCUT2D eigenvalue weighted by Crippen LogP contribution is 2.39. The molecule has 0 bridgehead atoms. The van der Waals surface area contributed by atoms with E-state index in [0.29, 0.717) is 25.6 Å². The lowest BCUT2D eigenvalue weighted by Gasteiger charge is -2.35. The molecule has 5 nitrogen and oxygen atoms in total. The minimum atomic E-state index is -3.81. The van der Waals surface area contributed by atoms with Crippen LogP contribution in [-0.2, 0) is 19.6 Å². The van der Waals surface area contributed by atoms with Crippen molar-refractivity contribution >= 4 is 10.1 Å². The summed E-state index contributed by atoms with van der Waals surface area (Å²) in [4.78, 5) is 0. The lowest BCUT2D eigenvalue weighted by molar-refractivity contribution is -0.182. The predicted molar refractivity (Wildman–Crippen MR) is 57.6 cm³/mol. The van der Waals surface area contributed by atoms with Crippen LogP contribution in [-0.4, -0.2) is 37.7 Å². The second kappa shape index (κ2) is 4.60. The smallest absolute Gasteiger partial charge is 0.264 e. The van der Waals surface area contributed by atoms with E-state index < -0.39 is 10.1 Å². The quantitative estimate of drug-likeness (QED) is 0.762. The van der Waals surface area contributed by atoms with Crippen LogP contribution in [0, 0.1) is 5.92 Å². The largest absolute Gasteiger partial charge is 0.348 e. The lowest BCUT2D eigenvalue weighted by Crippen LogP contribution is -2.35. The average molecular weight is 250 g/mol. The van der Waals surface area contributed by atoms with E-state index in [9.17, 15) is 8.42 Å². The summed E-state index contributed by atoms with van der Waals surface area (Å²) in [6.07, 6.45) is 4.03. The number of hydrogen-bond acceptors (Lipinski definition) is 4. The van der Waals surface area contributed by atoms with Gasteiger partial charge in [0, 0.05) is 12.8 Å². The molecule has 0 unspecified atom stereocenters. The normalized spacial score (nSPS) is 26.3. The maximum absolute atomic E-state index is 10.6. The summed E-state index contributed by atoms with van der Waals surface area (Å²) in [5.74, 6) is -0.151. The third-order valence-corrected chi connectivity index (χ3v) is 4.22. The van der Waals surface area contributed by atoms with Crippen molar-refractivity contribution in [1.82, 2.24) is 0 Å². The molecule has 0 radical (unpaired) electrons. The summed E-state index contributed by atoms with van der Waals surface area (Å²) >= 11 is 0. The van der Waals surface area contributed by atoms with Gasteiger partial charge in [-0.15, -0.1) is 0 Å². The first kappa shape index (κ1) is 12.3. The summed E-state index contributed by atoms with van der Waals surface area (Å²) in [6.45, 7) is 1.32. The molecular formula is C10H18O5S. The van der Waals surface area contributed by atoms with Crippen LogP contribution < -0.4 is 0 Å². The molecule has 1 saturated carbocycles. The molecule has 1 spiro atoms. The van der Waals surface area contributed by atoms with Crippen molar-refractivity contribution in [3.05, 3.63) is 0 Å². The first-order valence-electron chi connectivity index (χ1n) is 5.72. The molecule has 2 aliphatic rings. The van der Waals surface area contributed by atoms with E-state index in [0.717, 1.165) is 25.7 Å². The molecule has 2 fully saturated rings. The van der Waals surface area contributed by atoms with Gasteiger partial charge in [-0.1, -0.05) is 0 Å². The Morgan fingerprint density at radius 3 is 2.25 bits per heavy atom. The van der Waals surface area contributed by atoms with Gasteiger partial charge in [-0.3, -0.25) is 4.55 Å². The van der Waals surface area contributed by atoms with Gasteiger partial charge in [0.25, 0.3) is 10.1 Å². The van der Waals surface area contributed by atoms with E-state index in [-0.39, 0.29) is 11.5 Å². The van der Waals surface area contributed by atoms with Crippen molar-refractivity contribution in [3.8, 4) is 0 Å². The topological polar surface area (TPSA) is 72.8 Å². The Morgan fingerprint density at radius 1 is 1.19 bits per heavy atom. The molecule has 0 atom stereocenters. The van der Waals surface area contributed by atoms with Gasteiger partial charge in [-0.05, 0) is 25.2 Å². The van der Waals surface area contributed by atoms with E-state index in [1.54, 1.807) is 0 Å². The van der Waals surface area contributed by atoms with E-state index in [1.807, 2.05) is 0 Å². The van der Waals surface area contributed by atoms with Crippen molar-refractivity contribution in [3.63, 3.8) is 0 Å². The minimum Gasteiger partial charge on any atom is -0.348 e. The monoisotopic (exact) mass is 250 g/mol. The summed E-state index contributed by atoms with van der Waals surface area (Å²) in [6, 6.07) is 0. The zero-order valence-corrected chi connectivity index (χ0v) is 10.0. The van der Waals surface area contributed by atoms with Gasteiger partial charge in [0.15, 0.2) is 5.79 Å². The second-order valence-corrected chi connectivity index (χ2v) is 6.20. The molecule has 2 rings (SSSR count). The molecule has 1 aliphatic carbocycles. The average Bonchev–Trinajstić information content (AvgIpc) is 2.65. The number of ether oxygens (including phenoxy) is 2. The fourth-order valence-corrected chi connectivity index (χ4v) is 3.14. The number of rotatable bonds is 3.